The number of nitrogens with zero attached hydrogens (tertiary/aromatic N) is 4. The molecular weight excluding hydrogens is 660 g/mol. The average molecular weight is 733 g/mol. The molecule has 0 saturated heterocycles. The quantitative estimate of drug-likeness (QED) is 0.0549. The standard InChI is InChI=1S/C40H72N6O6/c1-37-17-13-31(11-7-9-23-45(3)4)27-39(37,19-15-33(37)29-43-49-25-21-41)51-35(47)36(48)52-40-20-16-34(30-44-50-26-22-42)38(40,2)18-14-32(28-40)12-8-10-24-46(5)6/h29-34H,7-28,41-42H2,1-6H3/t31-,32-,33+,34+,37+,38+,39-,40-/m0/s1. The van der Waals surface area contributed by atoms with E-state index in [4.69, 9.17) is 30.6 Å². The summed E-state index contributed by atoms with van der Waals surface area (Å²) in [5.74, 6) is -0.738. The van der Waals surface area contributed by atoms with Gasteiger partial charge in [0.25, 0.3) is 0 Å². The van der Waals surface area contributed by atoms with Crippen molar-refractivity contribution in [2.45, 2.75) is 128 Å². The van der Waals surface area contributed by atoms with Gasteiger partial charge >= 0.3 is 11.9 Å². The smallest absolute Gasteiger partial charge is 0.418 e. The van der Waals surface area contributed by atoms with Crippen molar-refractivity contribution >= 4 is 24.4 Å². The van der Waals surface area contributed by atoms with Crippen molar-refractivity contribution in [3.05, 3.63) is 0 Å². The van der Waals surface area contributed by atoms with Crippen LogP contribution < -0.4 is 11.5 Å². The molecule has 8 atom stereocenters. The van der Waals surface area contributed by atoms with E-state index in [1.165, 1.54) is 0 Å². The third-order valence-corrected chi connectivity index (χ3v) is 13.5. The SMILES string of the molecule is CN(C)CCCC[C@H]1CC[C@]2(C)[C@@H](C=NOCCN)CC[C@]2(OC(=O)C(=O)O[C@]23CC[C@H](C=NOCCN)[C@@]2(C)CC[C@H](CCCCN(C)C)C3)C1. The maximum atomic E-state index is 14.1. The highest BCUT2D eigenvalue weighted by Crippen LogP contribution is 2.63. The number of unbranched alkanes of at least 4 members (excludes halogenated alkanes) is 2. The first kappa shape index (κ1) is 42.5. The van der Waals surface area contributed by atoms with E-state index < -0.39 is 23.1 Å². The van der Waals surface area contributed by atoms with Gasteiger partial charge in [-0.15, -0.1) is 0 Å². The highest BCUT2D eigenvalue weighted by atomic mass is 16.6. The zero-order chi connectivity index (χ0) is 37.8. The van der Waals surface area contributed by atoms with Crippen LogP contribution in [-0.4, -0.2) is 113 Å². The molecule has 52 heavy (non-hydrogen) atoms. The van der Waals surface area contributed by atoms with E-state index in [2.05, 4.69) is 62.1 Å². The van der Waals surface area contributed by atoms with Crippen LogP contribution in [0.2, 0.25) is 0 Å². The molecular formula is C40H72N6O6. The lowest BCUT2D eigenvalue weighted by Crippen LogP contribution is -2.56. The van der Waals surface area contributed by atoms with Crippen LogP contribution >= 0.6 is 0 Å². The molecule has 0 unspecified atom stereocenters. The maximum absolute atomic E-state index is 14.1. The van der Waals surface area contributed by atoms with E-state index in [1.54, 1.807) is 0 Å². The number of ether oxygens (including phenoxy) is 2. The van der Waals surface area contributed by atoms with Crippen molar-refractivity contribution in [2.75, 3.05) is 67.6 Å². The van der Waals surface area contributed by atoms with E-state index in [0.717, 1.165) is 103 Å². The normalized spacial score (nSPS) is 34.6. The van der Waals surface area contributed by atoms with Crippen LogP contribution in [0.25, 0.3) is 0 Å². The molecule has 12 heteroatoms. The van der Waals surface area contributed by atoms with Gasteiger partial charge in [-0.05, 0) is 130 Å². The average Bonchev–Trinajstić information content (AvgIpc) is 3.54. The highest BCUT2D eigenvalue weighted by Gasteiger charge is 2.64. The Balaban J connectivity index is 1.53. The van der Waals surface area contributed by atoms with Crippen LogP contribution in [0.1, 0.15) is 117 Å². The number of carbonyl (C=O) groups is 2. The van der Waals surface area contributed by atoms with Crippen molar-refractivity contribution in [2.24, 2.45) is 56.3 Å². The molecule has 4 aliphatic rings. The number of fused-ring (bicyclic) bond motifs is 2. The molecule has 0 bridgehead atoms. The molecule has 0 aromatic rings. The zero-order valence-electron chi connectivity index (χ0n) is 33.4. The second-order valence-electron chi connectivity index (χ2n) is 17.5. The van der Waals surface area contributed by atoms with E-state index in [1.807, 2.05) is 12.4 Å². The van der Waals surface area contributed by atoms with Gasteiger partial charge < -0.3 is 40.4 Å². The summed E-state index contributed by atoms with van der Waals surface area (Å²) in [6.07, 6.45) is 18.9. The number of hydrogen-bond donors (Lipinski definition) is 2. The Labute approximate surface area is 314 Å². The largest absolute Gasteiger partial charge is 0.450 e. The van der Waals surface area contributed by atoms with Gasteiger partial charge in [-0.25, -0.2) is 9.59 Å². The number of rotatable bonds is 20. The van der Waals surface area contributed by atoms with E-state index in [9.17, 15) is 9.59 Å². The zero-order valence-corrected chi connectivity index (χ0v) is 33.4. The number of esters is 2. The lowest BCUT2D eigenvalue weighted by atomic mass is 9.59. The number of oxime groups is 2. The lowest BCUT2D eigenvalue weighted by Gasteiger charge is -2.52. The molecule has 298 valence electrons. The topological polar surface area (TPSA) is 154 Å². The second-order valence-corrected chi connectivity index (χ2v) is 17.5. The third-order valence-electron chi connectivity index (χ3n) is 13.5. The van der Waals surface area contributed by atoms with Gasteiger partial charge in [-0.2, -0.15) is 0 Å². The third kappa shape index (κ3) is 10.1. The van der Waals surface area contributed by atoms with Crippen molar-refractivity contribution in [3.8, 4) is 0 Å². The molecule has 0 spiro atoms. The van der Waals surface area contributed by atoms with Crippen LogP contribution in [0.3, 0.4) is 0 Å². The highest BCUT2D eigenvalue weighted by molar-refractivity contribution is 6.30. The van der Waals surface area contributed by atoms with Crippen LogP contribution in [-0.2, 0) is 28.7 Å². The molecule has 0 amide bonds. The van der Waals surface area contributed by atoms with Crippen LogP contribution in [0.15, 0.2) is 10.3 Å². The first-order valence-electron chi connectivity index (χ1n) is 20.3. The molecule has 4 saturated carbocycles. The Bertz CT molecular complexity index is 1110. The van der Waals surface area contributed by atoms with Crippen LogP contribution in [0.4, 0.5) is 0 Å². The van der Waals surface area contributed by atoms with Crippen molar-refractivity contribution in [1.82, 2.24) is 9.80 Å². The molecule has 0 aliphatic heterocycles. The summed E-state index contributed by atoms with van der Waals surface area (Å²) >= 11 is 0. The Morgan fingerprint density at radius 3 is 1.42 bits per heavy atom. The maximum Gasteiger partial charge on any atom is 0.418 e. The fourth-order valence-corrected chi connectivity index (χ4v) is 10.3. The first-order valence-corrected chi connectivity index (χ1v) is 20.3. The summed E-state index contributed by atoms with van der Waals surface area (Å²) in [7, 11) is 8.43. The molecule has 4 fully saturated rings. The summed E-state index contributed by atoms with van der Waals surface area (Å²) in [4.78, 5) is 43.5. The second kappa shape index (κ2) is 19.4. The molecule has 4 aliphatic carbocycles. The summed E-state index contributed by atoms with van der Waals surface area (Å²) in [5.41, 5.74) is 8.94. The summed E-state index contributed by atoms with van der Waals surface area (Å²) in [6.45, 7) is 8.04. The molecule has 4 N–H and O–H groups in total. The van der Waals surface area contributed by atoms with Gasteiger partial charge in [-0.3, -0.25) is 0 Å². The fourth-order valence-electron chi connectivity index (χ4n) is 10.3. The Morgan fingerprint density at radius 1 is 0.654 bits per heavy atom. The van der Waals surface area contributed by atoms with E-state index >= 15 is 0 Å². The molecule has 0 heterocycles. The minimum absolute atomic E-state index is 0.0636. The van der Waals surface area contributed by atoms with Crippen LogP contribution in [0, 0.1) is 34.5 Å². The molecule has 0 aromatic heterocycles. The predicted molar refractivity (Wildman–Crippen MR) is 206 cm³/mol. The van der Waals surface area contributed by atoms with Gasteiger partial charge in [0, 0.05) is 48.2 Å². The van der Waals surface area contributed by atoms with Gasteiger partial charge in [0.1, 0.15) is 24.4 Å². The Hall–Kier alpha value is -2.28. The van der Waals surface area contributed by atoms with Crippen molar-refractivity contribution in [3.63, 3.8) is 0 Å². The van der Waals surface area contributed by atoms with E-state index in [-0.39, 0.29) is 22.7 Å². The molecule has 0 aromatic carbocycles. The minimum Gasteiger partial charge on any atom is -0.450 e. The first-order chi connectivity index (χ1) is 24.8. The van der Waals surface area contributed by atoms with Crippen LogP contribution in [0.5, 0.6) is 0 Å². The number of carbonyl (C=O) groups excluding carboxylic acids is 2. The fraction of sp³-hybridized carbons (Fsp3) is 0.900. The Kier molecular flexibility index (Phi) is 15.8. The lowest BCUT2D eigenvalue weighted by molar-refractivity contribution is -0.209. The van der Waals surface area contributed by atoms with Crippen molar-refractivity contribution < 1.29 is 28.7 Å². The van der Waals surface area contributed by atoms with Gasteiger partial charge in [-0.1, -0.05) is 49.8 Å². The summed E-state index contributed by atoms with van der Waals surface area (Å²) in [6, 6.07) is 0. The van der Waals surface area contributed by atoms with Gasteiger partial charge in [0.2, 0.25) is 0 Å². The molecule has 4 rings (SSSR count). The number of hydrogen-bond acceptors (Lipinski definition) is 12. The summed E-state index contributed by atoms with van der Waals surface area (Å²) < 4.78 is 13.1. The summed E-state index contributed by atoms with van der Waals surface area (Å²) in [5, 5.41) is 8.50. The monoisotopic (exact) mass is 733 g/mol. The number of nitrogens with two attached hydrogens (primary N) is 2. The van der Waals surface area contributed by atoms with Gasteiger partial charge in [0.05, 0.1) is 0 Å². The Morgan fingerprint density at radius 2 is 1.06 bits per heavy atom. The predicted octanol–water partition coefficient (Wildman–Crippen LogP) is 5.37. The molecule has 0 radical (unpaired) electrons. The molecule has 12 nitrogen and oxygen atoms in total. The minimum atomic E-state index is -0.857. The van der Waals surface area contributed by atoms with Gasteiger partial charge in [0.15, 0.2) is 0 Å². The van der Waals surface area contributed by atoms with Crippen molar-refractivity contribution in [1.29, 1.82) is 0 Å². The van der Waals surface area contributed by atoms with E-state index in [0.29, 0.717) is 51.0 Å².